The SMILES string of the molecule is COc1cccc(OC)c1-c1cc(C(=O)NC2(C(=O)OC(C)(C)C)C(C)CC3CC(C)CC2C3)nn1-c1ccc(NCCCCCN(C)C)cc1C(C)C. The van der Waals surface area contributed by atoms with E-state index in [9.17, 15) is 9.59 Å². The lowest BCUT2D eigenvalue weighted by molar-refractivity contribution is -0.173. The van der Waals surface area contributed by atoms with Gasteiger partial charge in [-0.05, 0) is 151 Å². The van der Waals surface area contributed by atoms with Crippen LogP contribution in [0.2, 0.25) is 0 Å². The number of amides is 1. The number of anilines is 1. The molecule has 2 saturated carbocycles. The molecule has 2 N–H and O–H groups in total. The topological polar surface area (TPSA) is 107 Å². The Kier molecular flexibility index (Phi) is 13.1. The molecule has 0 aliphatic heterocycles. The number of benzene rings is 2. The lowest BCUT2D eigenvalue weighted by Gasteiger charge is -2.53. The van der Waals surface area contributed by atoms with Crippen molar-refractivity contribution in [3.05, 3.63) is 53.7 Å². The van der Waals surface area contributed by atoms with E-state index in [1.54, 1.807) is 20.3 Å². The molecule has 2 aliphatic carbocycles. The van der Waals surface area contributed by atoms with Gasteiger partial charge in [-0.3, -0.25) is 4.79 Å². The number of ether oxygens (including phenoxy) is 3. The van der Waals surface area contributed by atoms with E-state index in [0.29, 0.717) is 34.6 Å². The van der Waals surface area contributed by atoms with Gasteiger partial charge in [-0.1, -0.05) is 40.2 Å². The summed E-state index contributed by atoms with van der Waals surface area (Å²) in [5, 5.41) is 12.0. The molecule has 296 valence electrons. The van der Waals surface area contributed by atoms with E-state index in [1.807, 2.05) is 43.7 Å². The van der Waals surface area contributed by atoms with Crippen molar-refractivity contribution in [3.63, 3.8) is 0 Å². The molecular formula is C44H65N5O5. The molecular weight excluding hydrogens is 679 g/mol. The van der Waals surface area contributed by atoms with Crippen LogP contribution in [0.25, 0.3) is 16.9 Å². The van der Waals surface area contributed by atoms with Gasteiger partial charge in [0.25, 0.3) is 5.91 Å². The minimum absolute atomic E-state index is 0.0368. The lowest BCUT2D eigenvalue weighted by atomic mass is 9.56. The summed E-state index contributed by atoms with van der Waals surface area (Å²) in [5.41, 5.74) is 2.61. The number of rotatable bonds is 15. The lowest BCUT2D eigenvalue weighted by Crippen LogP contribution is -2.67. The second kappa shape index (κ2) is 17.2. The van der Waals surface area contributed by atoms with Crippen LogP contribution in [0.15, 0.2) is 42.5 Å². The van der Waals surface area contributed by atoms with Crippen molar-refractivity contribution in [1.29, 1.82) is 0 Å². The largest absolute Gasteiger partial charge is 0.496 e. The molecule has 10 nitrogen and oxygen atoms in total. The predicted octanol–water partition coefficient (Wildman–Crippen LogP) is 8.73. The summed E-state index contributed by atoms with van der Waals surface area (Å²) in [7, 11) is 7.47. The van der Waals surface area contributed by atoms with Gasteiger partial charge in [0, 0.05) is 12.2 Å². The highest BCUT2D eigenvalue weighted by Crippen LogP contribution is 2.51. The second-order valence-corrected chi connectivity index (χ2v) is 17.4. The average molecular weight is 744 g/mol. The van der Waals surface area contributed by atoms with Gasteiger partial charge >= 0.3 is 5.97 Å². The third kappa shape index (κ3) is 9.07. The van der Waals surface area contributed by atoms with Gasteiger partial charge in [0.15, 0.2) is 5.69 Å². The number of esters is 1. The summed E-state index contributed by atoms with van der Waals surface area (Å²) in [6, 6.07) is 13.8. The molecule has 5 rings (SSSR count). The molecule has 1 aromatic heterocycles. The molecule has 2 fully saturated rings. The molecule has 3 aromatic rings. The number of nitrogens with one attached hydrogen (secondary N) is 2. The van der Waals surface area contributed by atoms with Crippen LogP contribution in [0.5, 0.6) is 11.5 Å². The molecule has 2 aliphatic rings. The maximum absolute atomic E-state index is 14.7. The number of methoxy groups -OCH3 is 2. The summed E-state index contributed by atoms with van der Waals surface area (Å²) < 4.78 is 19.7. The number of nitrogens with zero attached hydrogens (tertiary/aromatic N) is 3. The van der Waals surface area contributed by atoms with Gasteiger partial charge < -0.3 is 29.7 Å². The first-order valence-electron chi connectivity index (χ1n) is 20.0. The number of carbonyl (C=O) groups excluding carboxylic acids is 2. The highest BCUT2D eigenvalue weighted by atomic mass is 16.6. The van der Waals surface area contributed by atoms with E-state index < -0.39 is 17.0 Å². The maximum atomic E-state index is 14.7. The van der Waals surface area contributed by atoms with E-state index in [4.69, 9.17) is 19.3 Å². The fourth-order valence-electron chi connectivity index (χ4n) is 8.90. The van der Waals surface area contributed by atoms with Crippen molar-refractivity contribution in [2.45, 2.75) is 110 Å². The average Bonchev–Trinajstić information content (AvgIpc) is 3.54. The highest BCUT2D eigenvalue weighted by molar-refractivity contribution is 5.98. The molecule has 1 amide bonds. The molecule has 5 unspecified atom stereocenters. The molecule has 54 heavy (non-hydrogen) atoms. The smallest absolute Gasteiger partial charge is 0.332 e. The first kappa shape index (κ1) is 41.1. The van der Waals surface area contributed by atoms with Crippen LogP contribution in [-0.4, -0.2) is 79.1 Å². The zero-order valence-corrected chi connectivity index (χ0v) is 34.7. The van der Waals surface area contributed by atoms with Gasteiger partial charge in [0.1, 0.15) is 22.6 Å². The van der Waals surface area contributed by atoms with Crippen molar-refractivity contribution < 1.29 is 23.8 Å². The molecule has 0 radical (unpaired) electrons. The Hall–Kier alpha value is -4.05. The number of unbranched alkanes of at least 4 members (excludes halogenated alkanes) is 2. The van der Waals surface area contributed by atoms with Crippen molar-refractivity contribution in [2.75, 3.05) is 46.7 Å². The Morgan fingerprint density at radius 3 is 2.30 bits per heavy atom. The number of aromatic nitrogens is 2. The van der Waals surface area contributed by atoms with E-state index in [-0.39, 0.29) is 29.4 Å². The number of carbonyl (C=O) groups is 2. The standard InChI is InChI=1S/C44H65N5O5/c1-28(2)34-26-33(45-20-13-12-14-21-48(8)9)18-19-36(34)49-37(40-38(52-10)16-15-17-39(40)53-11)27-35(47-49)41(50)46-44(42(51)54-43(5,6)7)30(4)24-31-22-29(3)23-32(44)25-31/h15-19,26-32,45H,12-14,20-25H2,1-11H3,(H,46,50). The number of fused-ring (bicyclic) bond motifs is 2. The van der Waals surface area contributed by atoms with Crippen LogP contribution in [0, 0.1) is 23.7 Å². The van der Waals surface area contributed by atoms with Crippen molar-refractivity contribution >= 4 is 17.6 Å². The summed E-state index contributed by atoms with van der Waals surface area (Å²) in [5.74, 6) is 1.41. The normalized spacial score (nSPS) is 22.6. The fraction of sp³-hybridized carbons (Fsp3) is 0.614. The van der Waals surface area contributed by atoms with Crippen LogP contribution in [0.3, 0.4) is 0 Å². The van der Waals surface area contributed by atoms with Gasteiger partial charge in [-0.15, -0.1) is 0 Å². The quantitative estimate of drug-likeness (QED) is 0.118. The van der Waals surface area contributed by atoms with Crippen LogP contribution >= 0.6 is 0 Å². The van der Waals surface area contributed by atoms with E-state index in [0.717, 1.165) is 68.6 Å². The molecule has 2 bridgehead atoms. The predicted molar refractivity (Wildman–Crippen MR) is 217 cm³/mol. The highest BCUT2D eigenvalue weighted by Gasteiger charge is 2.58. The molecule has 0 spiro atoms. The molecule has 1 heterocycles. The van der Waals surface area contributed by atoms with Crippen molar-refractivity contribution in [2.24, 2.45) is 23.7 Å². The second-order valence-electron chi connectivity index (χ2n) is 17.4. The Morgan fingerprint density at radius 1 is 0.963 bits per heavy atom. The summed E-state index contributed by atoms with van der Waals surface area (Å²) in [6.07, 6.45) is 7.17. The number of hydrogen-bond acceptors (Lipinski definition) is 8. The first-order chi connectivity index (χ1) is 25.6. The zero-order valence-electron chi connectivity index (χ0n) is 34.7. The van der Waals surface area contributed by atoms with E-state index in [2.05, 4.69) is 75.5 Å². The van der Waals surface area contributed by atoms with Gasteiger partial charge in [0.05, 0.1) is 31.2 Å². The zero-order chi connectivity index (χ0) is 39.4. The van der Waals surface area contributed by atoms with Crippen LogP contribution in [-0.2, 0) is 9.53 Å². The van der Waals surface area contributed by atoms with E-state index in [1.165, 1.54) is 6.42 Å². The third-order valence-corrected chi connectivity index (χ3v) is 11.3. The van der Waals surface area contributed by atoms with Crippen LogP contribution in [0.1, 0.15) is 115 Å². The Bertz CT molecular complexity index is 1730. The maximum Gasteiger partial charge on any atom is 0.332 e. The Morgan fingerprint density at radius 2 is 1.67 bits per heavy atom. The van der Waals surface area contributed by atoms with Crippen molar-refractivity contribution in [3.8, 4) is 28.4 Å². The van der Waals surface area contributed by atoms with Crippen LogP contribution < -0.4 is 20.1 Å². The minimum Gasteiger partial charge on any atom is -0.496 e. The first-order valence-corrected chi connectivity index (χ1v) is 20.0. The molecule has 5 atom stereocenters. The fourth-order valence-corrected chi connectivity index (χ4v) is 8.90. The van der Waals surface area contributed by atoms with Gasteiger partial charge in [-0.2, -0.15) is 5.10 Å². The molecule has 10 heteroatoms. The Labute approximate surface area is 323 Å². The summed E-state index contributed by atoms with van der Waals surface area (Å²) in [6.45, 7) is 16.3. The number of hydrogen-bond donors (Lipinski definition) is 2. The Balaban J connectivity index is 1.58. The summed E-state index contributed by atoms with van der Waals surface area (Å²) >= 11 is 0. The van der Waals surface area contributed by atoms with E-state index >= 15 is 0 Å². The molecule has 2 aromatic carbocycles. The third-order valence-electron chi connectivity index (χ3n) is 11.3. The summed E-state index contributed by atoms with van der Waals surface area (Å²) in [4.78, 5) is 31.4. The van der Waals surface area contributed by atoms with Gasteiger partial charge in [-0.25, -0.2) is 9.48 Å². The van der Waals surface area contributed by atoms with Crippen molar-refractivity contribution in [1.82, 2.24) is 20.0 Å². The van der Waals surface area contributed by atoms with Gasteiger partial charge in [0.2, 0.25) is 0 Å². The minimum atomic E-state index is -1.18. The van der Waals surface area contributed by atoms with Crippen LogP contribution in [0.4, 0.5) is 5.69 Å². The monoisotopic (exact) mass is 743 g/mol. The molecule has 0 saturated heterocycles.